The number of halogens is 1. The van der Waals surface area contributed by atoms with Crippen LogP contribution in [0.2, 0.25) is 0 Å². The minimum absolute atomic E-state index is 0.0331. The van der Waals surface area contributed by atoms with Crippen molar-refractivity contribution in [1.29, 1.82) is 0 Å². The molecule has 0 atom stereocenters. The molecule has 1 heterocycles. The zero-order chi connectivity index (χ0) is 13.8. The van der Waals surface area contributed by atoms with E-state index < -0.39 is 10.7 Å². The zero-order valence-corrected chi connectivity index (χ0v) is 9.96. The maximum atomic E-state index is 13.1. The molecule has 0 saturated carbocycles. The van der Waals surface area contributed by atoms with Gasteiger partial charge < -0.3 is 0 Å². The normalized spacial score (nSPS) is 10.2. The van der Waals surface area contributed by atoms with Crippen LogP contribution in [0.5, 0.6) is 0 Å². The van der Waals surface area contributed by atoms with Crippen LogP contribution in [-0.2, 0) is 4.84 Å². The molecule has 0 saturated heterocycles. The van der Waals surface area contributed by atoms with Gasteiger partial charge in [0.1, 0.15) is 5.82 Å². The summed E-state index contributed by atoms with van der Waals surface area (Å²) in [4.78, 5) is 18.9. The number of nitrogens with one attached hydrogen (secondary N) is 1. The van der Waals surface area contributed by atoms with Crippen molar-refractivity contribution < 1.29 is 14.2 Å². The number of benzene rings is 1. The van der Waals surface area contributed by atoms with E-state index in [1.165, 1.54) is 37.4 Å². The van der Waals surface area contributed by atoms with Crippen molar-refractivity contribution in [2.24, 2.45) is 0 Å². The van der Waals surface area contributed by atoms with Gasteiger partial charge >= 0.3 is 5.69 Å². The van der Waals surface area contributed by atoms with Crippen LogP contribution in [-0.4, -0.2) is 17.0 Å². The van der Waals surface area contributed by atoms with Gasteiger partial charge in [0.25, 0.3) is 0 Å². The van der Waals surface area contributed by atoms with Crippen molar-refractivity contribution in [3.05, 3.63) is 52.3 Å². The molecule has 0 unspecified atom stereocenters. The Hall–Kier alpha value is -2.54. The highest BCUT2D eigenvalue weighted by molar-refractivity contribution is 5.66. The Morgan fingerprint density at radius 2 is 2.16 bits per heavy atom. The molecule has 0 aliphatic carbocycles. The molecule has 2 aromatic rings. The second kappa shape index (κ2) is 5.40. The van der Waals surface area contributed by atoms with E-state index in [4.69, 9.17) is 0 Å². The minimum Gasteiger partial charge on any atom is -0.278 e. The van der Waals surface area contributed by atoms with Crippen molar-refractivity contribution in [3.63, 3.8) is 0 Å². The Labute approximate surface area is 108 Å². The average Bonchev–Trinajstić information content (AvgIpc) is 2.39. The zero-order valence-electron chi connectivity index (χ0n) is 9.96. The second-order valence-electron chi connectivity index (χ2n) is 3.64. The number of nitrogens with zero attached hydrogens (tertiary/aromatic N) is 2. The lowest BCUT2D eigenvalue weighted by molar-refractivity contribution is -0.384. The number of anilines is 1. The molecular weight excluding hydrogens is 253 g/mol. The molecule has 0 aliphatic rings. The monoisotopic (exact) mass is 263 g/mol. The lowest BCUT2D eigenvalue weighted by Crippen LogP contribution is -2.03. The van der Waals surface area contributed by atoms with E-state index in [0.717, 1.165) is 0 Å². The first-order valence-electron chi connectivity index (χ1n) is 5.32. The lowest BCUT2D eigenvalue weighted by atomic mass is 10.1. The quantitative estimate of drug-likeness (QED) is 0.677. The van der Waals surface area contributed by atoms with Crippen LogP contribution >= 0.6 is 0 Å². The molecule has 2 rings (SSSR count). The number of aromatic nitrogens is 1. The highest BCUT2D eigenvalue weighted by Gasteiger charge is 2.16. The minimum atomic E-state index is -0.580. The molecule has 7 heteroatoms. The van der Waals surface area contributed by atoms with Crippen LogP contribution < -0.4 is 5.48 Å². The van der Waals surface area contributed by atoms with Gasteiger partial charge in [-0.3, -0.25) is 15.0 Å². The average molecular weight is 263 g/mol. The third-order valence-electron chi connectivity index (χ3n) is 2.39. The number of rotatable bonds is 4. The summed E-state index contributed by atoms with van der Waals surface area (Å²) in [5, 5.41) is 10.8. The van der Waals surface area contributed by atoms with Crippen molar-refractivity contribution in [2.45, 2.75) is 0 Å². The van der Waals surface area contributed by atoms with E-state index in [9.17, 15) is 14.5 Å². The first-order valence-corrected chi connectivity index (χ1v) is 5.32. The molecule has 19 heavy (non-hydrogen) atoms. The Morgan fingerprint density at radius 1 is 1.37 bits per heavy atom. The third kappa shape index (κ3) is 2.83. The fourth-order valence-electron chi connectivity index (χ4n) is 1.58. The predicted molar refractivity (Wildman–Crippen MR) is 66.9 cm³/mol. The van der Waals surface area contributed by atoms with E-state index in [1.807, 2.05) is 0 Å². The second-order valence-corrected chi connectivity index (χ2v) is 3.64. The summed E-state index contributed by atoms with van der Waals surface area (Å²) in [6.45, 7) is 0. The summed E-state index contributed by atoms with van der Waals surface area (Å²) in [7, 11) is 1.32. The summed E-state index contributed by atoms with van der Waals surface area (Å²) in [6.07, 6.45) is 0. The molecule has 0 fully saturated rings. The van der Waals surface area contributed by atoms with Gasteiger partial charge in [-0.05, 0) is 18.2 Å². The summed E-state index contributed by atoms with van der Waals surface area (Å²) in [6, 6.07) is 8.54. The van der Waals surface area contributed by atoms with Crippen molar-refractivity contribution in [3.8, 4) is 11.3 Å². The van der Waals surface area contributed by atoms with Crippen LogP contribution in [0.1, 0.15) is 0 Å². The molecule has 0 aliphatic heterocycles. The molecule has 0 bridgehead atoms. The van der Waals surface area contributed by atoms with Crippen LogP contribution in [0, 0.1) is 15.9 Å². The number of pyridine rings is 1. The smallest absolute Gasteiger partial charge is 0.278 e. The van der Waals surface area contributed by atoms with Crippen LogP contribution in [0.3, 0.4) is 0 Å². The van der Waals surface area contributed by atoms with Gasteiger partial charge in [0.15, 0.2) is 0 Å². The highest BCUT2D eigenvalue weighted by atomic mass is 19.1. The molecule has 0 spiro atoms. The molecule has 98 valence electrons. The maximum absolute atomic E-state index is 13.1. The highest BCUT2D eigenvalue weighted by Crippen LogP contribution is 2.27. The standard InChI is InChI=1S/C12H10FN3O3/c1-19-15-12-11(16(17)18)6-5-10(14-12)8-3-2-4-9(13)7-8/h2-7H,1H3,(H,14,15). The Kier molecular flexibility index (Phi) is 3.67. The van der Waals surface area contributed by atoms with Crippen LogP contribution in [0.25, 0.3) is 11.3 Å². The summed E-state index contributed by atoms with van der Waals surface area (Å²) in [5.41, 5.74) is 3.04. The van der Waals surface area contributed by atoms with Gasteiger partial charge in [-0.1, -0.05) is 12.1 Å². The topological polar surface area (TPSA) is 77.3 Å². The first kappa shape index (κ1) is 12.9. The van der Waals surface area contributed by atoms with Gasteiger partial charge in [0.2, 0.25) is 5.82 Å². The number of hydrogen-bond acceptors (Lipinski definition) is 5. The van der Waals surface area contributed by atoms with Gasteiger partial charge in [-0.2, -0.15) is 0 Å². The van der Waals surface area contributed by atoms with Crippen molar-refractivity contribution in [2.75, 3.05) is 12.6 Å². The third-order valence-corrected chi connectivity index (χ3v) is 2.39. The lowest BCUT2D eigenvalue weighted by Gasteiger charge is -2.06. The van der Waals surface area contributed by atoms with E-state index in [-0.39, 0.29) is 11.5 Å². The predicted octanol–water partition coefficient (Wildman–Crippen LogP) is 2.77. The van der Waals surface area contributed by atoms with E-state index in [2.05, 4.69) is 15.3 Å². The van der Waals surface area contributed by atoms with Gasteiger partial charge in [-0.25, -0.2) is 14.9 Å². The van der Waals surface area contributed by atoms with E-state index >= 15 is 0 Å². The molecule has 1 N–H and O–H groups in total. The fraction of sp³-hybridized carbons (Fsp3) is 0.0833. The molecular formula is C12H10FN3O3. The summed E-state index contributed by atoms with van der Waals surface area (Å²) < 4.78 is 13.1. The van der Waals surface area contributed by atoms with Gasteiger partial charge in [0, 0.05) is 11.6 Å². The van der Waals surface area contributed by atoms with E-state index in [0.29, 0.717) is 11.3 Å². The van der Waals surface area contributed by atoms with Gasteiger partial charge in [-0.15, -0.1) is 0 Å². The van der Waals surface area contributed by atoms with Gasteiger partial charge in [0.05, 0.1) is 17.7 Å². The number of nitro groups is 1. The van der Waals surface area contributed by atoms with Crippen molar-refractivity contribution in [1.82, 2.24) is 4.98 Å². The molecule has 1 aromatic heterocycles. The van der Waals surface area contributed by atoms with E-state index in [1.54, 1.807) is 6.07 Å². The van der Waals surface area contributed by atoms with Crippen LogP contribution in [0.4, 0.5) is 15.9 Å². The first-order chi connectivity index (χ1) is 9.11. The molecule has 0 radical (unpaired) electrons. The SMILES string of the molecule is CONc1nc(-c2cccc(F)c2)ccc1[N+](=O)[O-]. The molecule has 6 nitrogen and oxygen atoms in total. The molecule has 1 aromatic carbocycles. The van der Waals surface area contributed by atoms with Crippen LogP contribution in [0.15, 0.2) is 36.4 Å². The maximum Gasteiger partial charge on any atom is 0.313 e. The Bertz CT molecular complexity index is 619. The molecule has 0 amide bonds. The van der Waals surface area contributed by atoms with Crippen molar-refractivity contribution >= 4 is 11.5 Å². The number of hydrogen-bond donors (Lipinski definition) is 1. The largest absolute Gasteiger partial charge is 0.313 e. The summed E-state index contributed by atoms with van der Waals surface area (Å²) in [5.74, 6) is -0.437. The summed E-state index contributed by atoms with van der Waals surface area (Å²) >= 11 is 0. The fourth-order valence-corrected chi connectivity index (χ4v) is 1.58. The Morgan fingerprint density at radius 3 is 2.79 bits per heavy atom. The Balaban J connectivity index is 2.48.